The number of nitrogens with zero attached hydrogens (tertiary/aromatic N) is 1. The molecular formula is C22H26N2O3S. The summed E-state index contributed by atoms with van der Waals surface area (Å²) in [5.41, 5.74) is 7.47. The SMILES string of the molecule is COCc1ccc(S(N)(=O)=NC(=O)Cc2c3c(cc4c2CCC4)CCC3)cc1. The lowest BCUT2D eigenvalue weighted by atomic mass is 9.92. The molecule has 0 aliphatic heterocycles. The standard InChI is InChI=1S/C22H26N2O3S/c1-27-14-15-8-10-18(11-9-15)28(23,26)24-22(25)13-21-19-6-2-4-16(19)12-17-5-3-7-20(17)21/h8-12H,2-7,13-14H2,1H3,(H2,23,24,25,26). The fourth-order valence-corrected chi connectivity index (χ4v) is 5.48. The fourth-order valence-electron chi connectivity index (χ4n) is 4.48. The quantitative estimate of drug-likeness (QED) is 0.839. The summed E-state index contributed by atoms with van der Waals surface area (Å²) >= 11 is 0. The van der Waals surface area contributed by atoms with Crippen LogP contribution in [0.2, 0.25) is 0 Å². The number of fused-ring (bicyclic) bond motifs is 2. The van der Waals surface area contributed by atoms with Gasteiger partial charge in [-0.2, -0.15) is 0 Å². The fraction of sp³-hybridized carbons (Fsp3) is 0.409. The van der Waals surface area contributed by atoms with Gasteiger partial charge in [-0.25, -0.2) is 9.35 Å². The highest BCUT2D eigenvalue weighted by molar-refractivity contribution is 7.91. The van der Waals surface area contributed by atoms with Gasteiger partial charge in [0.1, 0.15) is 9.92 Å². The van der Waals surface area contributed by atoms with Crippen molar-refractivity contribution in [3.63, 3.8) is 0 Å². The van der Waals surface area contributed by atoms with E-state index in [1.54, 1.807) is 31.4 Å². The lowest BCUT2D eigenvalue weighted by Crippen LogP contribution is -2.16. The molecule has 2 aromatic rings. The number of methoxy groups -OCH3 is 1. The van der Waals surface area contributed by atoms with Crippen LogP contribution in [0.5, 0.6) is 0 Å². The molecule has 0 radical (unpaired) electrons. The number of benzene rings is 2. The summed E-state index contributed by atoms with van der Waals surface area (Å²) in [6.07, 6.45) is 6.68. The van der Waals surface area contributed by atoms with Crippen molar-refractivity contribution < 1.29 is 13.7 Å². The minimum atomic E-state index is -3.25. The van der Waals surface area contributed by atoms with Crippen molar-refractivity contribution >= 4 is 15.8 Å². The zero-order valence-corrected chi connectivity index (χ0v) is 17.0. The van der Waals surface area contributed by atoms with E-state index in [1.165, 1.54) is 22.3 Å². The number of rotatable bonds is 5. The Morgan fingerprint density at radius 2 is 1.68 bits per heavy atom. The molecule has 0 fully saturated rings. The number of carbonyl (C=O) groups excluding carboxylic acids is 1. The van der Waals surface area contributed by atoms with Gasteiger partial charge in [0, 0.05) is 7.11 Å². The molecule has 5 nitrogen and oxygen atoms in total. The van der Waals surface area contributed by atoms with Crippen LogP contribution in [0.4, 0.5) is 0 Å². The molecule has 0 saturated heterocycles. The number of amides is 1. The summed E-state index contributed by atoms with van der Waals surface area (Å²) in [7, 11) is -1.64. The van der Waals surface area contributed by atoms with E-state index in [4.69, 9.17) is 9.88 Å². The van der Waals surface area contributed by atoms with Crippen LogP contribution < -0.4 is 5.14 Å². The molecular weight excluding hydrogens is 372 g/mol. The summed E-state index contributed by atoms with van der Waals surface area (Å²) in [5.74, 6) is -0.400. The van der Waals surface area contributed by atoms with Crippen LogP contribution in [-0.4, -0.2) is 17.2 Å². The Morgan fingerprint density at radius 3 is 2.25 bits per heavy atom. The molecule has 0 saturated carbocycles. The van der Waals surface area contributed by atoms with Gasteiger partial charge < -0.3 is 4.74 Å². The predicted molar refractivity (Wildman–Crippen MR) is 109 cm³/mol. The smallest absolute Gasteiger partial charge is 0.259 e. The lowest BCUT2D eigenvalue weighted by molar-refractivity contribution is -0.117. The van der Waals surface area contributed by atoms with E-state index < -0.39 is 15.8 Å². The zero-order valence-electron chi connectivity index (χ0n) is 16.2. The van der Waals surface area contributed by atoms with Crippen LogP contribution in [-0.2, 0) is 58.2 Å². The molecule has 0 bridgehead atoms. The van der Waals surface area contributed by atoms with Crippen LogP contribution in [0.15, 0.2) is 39.6 Å². The number of ether oxygens (including phenoxy) is 1. The molecule has 0 spiro atoms. The molecule has 1 unspecified atom stereocenters. The first-order valence-corrected chi connectivity index (χ1v) is 11.4. The topological polar surface area (TPSA) is 81.8 Å². The van der Waals surface area contributed by atoms with Crippen molar-refractivity contribution in [2.24, 2.45) is 9.50 Å². The summed E-state index contributed by atoms with van der Waals surface area (Å²) in [6, 6.07) is 9.24. The monoisotopic (exact) mass is 398 g/mol. The van der Waals surface area contributed by atoms with Gasteiger partial charge in [-0.1, -0.05) is 18.2 Å². The Hall–Kier alpha value is -2.02. The third-order valence-electron chi connectivity index (χ3n) is 5.74. The van der Waals surface area contributed by atoms with Crippen molar-refractivity contribution in [3.05, 3.63) is 63.7 Å². The maximum absolute atomic E-state index is 12.9. The molecule has 0 aromatic heterocycles. The number of nitrogens with two attached hydrogens (primary N) is 1. The van der Waals surface area contributed by atoms with Gasteiger partial charge in [-0.15, -0.1) is 4.36 Å². The van der Waals surface area contributed by atoms with Crippen molar-refractivity contribution in [1.82, 2.24) is 0 Å². The Labute approximate surface area is 166 Å². The molecule has 2 aliphatic rings. The molecule has 2 N–H and O–H groups in total. The second-order valence-corrected chi connectivity index (χ2v) is 9.44. The highest BCUT2D eigenvalue weighted by Gasteiger charge is 2.25. The third kappa shape index (κ3) is 3.77. The second-order valence-electron chi connectivity index (χ2n) is 7.64. The largest absolute Gasteiger partial charge is 0.380 e. The van der Waals surface area contributed by atoms with Gasteiger partial charge in [0.2, 0.25) is 0 Å². The van der Waals surface area contributed by atoms with E-state index in [9.17, 15) is 9.00 Å². The summed E-state index contributed by atoms with van der Waals surface area (Å²) < 4.78 is 21.9. The van der Waals surface area contributed by atoms with E-state index in [2.05, 4.69) is 10.4 Å². The Balaban J connectivity index is 1.62. The Bertz CT molecular complexity index is 1000. The van der Waals surface area contributed by atoms with Crippen LogP contribution in [0, 0.1) is 0 Å². The maximum Gasteiger partial charge on any atom is 0.259 e. The van der Waals surface area contributed by atoms with Crippen molar-refractivity contribution in [3.8, 4) is 0 Å². The normalized spacial score (nSPS) is 17.1. The molecule has 2 aliphatic carbocycles. The van der Waals surface area contributed by atoms with Gasteiger partial charge in [0.15, 0.2) is 0 Å². The van der Waals surface area contributed by atoms with E-state index in [0.29, 0.717) is 11.5 Å². The minimum absolute atomic E-state index is 0.196. The second kappa shape index (κ2) is 7.78. The van der Waals surface area contributed by atoms with Gasteiger partial charge in [0.05, 0.1) is 17.9 Å². The zero-order chi connectivity index (χ0) is 19.7. The first-order valence-electron chi connectivity index (χ1n) is 9.79. The van der Waals surface area contributed by atoms with Gasteiger partial charge in [0.25, 0.3) is 5.91 Å². The average Bonchev–Trinajstić information content (AvgIpc) is 3.31. The first kappa shape index (κ1) is 19.3. The number of aryl methyl sites for hydroxylation is 2. The highest BCUT2D eigenvalue weighted by Crippen LogP contribution is 2.35. The highest BCUT2D eigenvalue weighted by atomic mass is 32.2. The van der Waals surface area contributed by atoms with Crippen LogP contribution in [0.1, 0.15) is 46.2 Å². The molecule has 148 valence electrons. The molecule has 0 heterocycles. The Kier molecular flexibility index (Phi) is 5.36. The molecule has 6 heteroatoms. The van der Waals surface area contributed by atoms with Gasteiger partial charge in [-0.3, -0.25) is 4.79 Å². The predicted octanol–water partition coefficient (Wildman–Crippen LogP) is 3.28. The summed E-state index contributed by atoms with van der Waals surface area (Å²) in [5, 5.41) is 5.95. The molecule has 1 atom stereocenters. The summed E-state index contributed by atoms with van der Waals surface area (Å²) in [6.45, 7) is 0.465. The molecule has 28 heavy (non-hydrogen) atoms. The maximum atomic E-state index is 12.9. The lowest BCUT2D eigenvalue weighted by Gasteiger charge is -2.14. The van der Waals surface area contributed by atoms with Crippen LogP contribution >= 0.6 is 0 Å². The van der Waals surface area contributed by atoms with Crippen molar-refractivity contribution in [2.75, 3.05) is 7.11 Å². The first-order chi connectivity index (χ1) is 13.5. The minimum Gasteiger partial charge on any atom is -0.380 e. The van der Waals surface area contributed by atoms with E-state index in [1.807, 2.05) is 0 Å². The number of carbonyl (C=O) groups is 1. The average molecular weight is 399 g/mol. The van der Waals surface area contributed by atoms with Gasteiger partial charge >= 0.3 is 0 Å². The molecule has 2 aromatic carbocycles. The number of hydrogen-bond donors (Lipinski definition) is 1. The Morgan fingerprint density at radius 1 is 1.07 bits per heavy atom. The van der Waals surface area contributed by atoms with E-state index in [0.717, 1.165) is 49.7 Å². The molecule has 4 rings (SSSR count). The van der Waals surface area contributed by atoms with Crippen LogP contribution in [0.3, 0.4) is 0 Å². The van der Waals surface area contributed by atoms with Crippen molar-refractivity contribution in [2.45, 2.75) is 56.4 Å². The third-order valence-corrected chi connectivity index (χ3v) is 7.16. The van der Waals surface area contributed by atoms with Gasteiger partial charge in [-0.05, 0) is 84.0 Å². The molecule has 1 amide bonds. The van der Waals surface area contributed by atoms with Crippen LogP contribution in [0.25, 0.3) is 0 Å². The summed E-state index contributed by atoms with van der Waals surface area (Å²) in [4.78, 5) is 13.1. The number of hydrogen-bond acceptors (Lipinski definition) is 3. The van der Waals surface area contributed by atoms with E-state index in [-0.39, 0.29) is 6.42 Å². The van der Waals surface area contributed by atoms with E-state index >= 15 is 0 Å². The van der Waals surface area contributed by atoms with Crippen molar-refractivity contribution in [1.29, 1.82) is 0 Å².